The van der Waals surface area contributed by atoms with Crippen LogP contribution in [0.4, 0.5) is 5.69 Å². The zero-order chi connectivity index (χ0) is 18.6. The van der Waals surface area contributed by atoms with E-state index in [9.17, 15) is 13.2 Å². The number of halogens is 1. The van der Waals surface area contributed by atoms with Gasteiger partial charge in [-0.1, -0.05) is 37.6 Å². The van der Waals surface area contributed by atoms with Crippen molar-refractivity contribution in [3.63, 3.8) is 0 Å². The van der Waals surface area contributed by atoms with Gasteiger partial charge in [0.2, 0.25) is 0 Å². The van der Waals surface area contributed by atoms with E-state index < -0.39 is 10.0 Å². The van der Waals surface area contributed by atoms with Crippen LogP contribution in [0.2, 0.25) is 5.02 Å². The van der Waals surface area contributed by atoms with Gasteiger partial charge in [-0.25, -0.2) is 8.42 Å². The maximum absolute atomic E-state index is 12.5. The van der Waals surface area contributed by atoms with Crippen molar-refractivity contribution in [1.82, 2.24) is 5.32 Å². The number of carbonyl (C=O) groups excluding carboxylic acids is 1. The third kappa shape index (κ3) is 4.52. The predicted octanol–water partition coefficient (Wildman–Crippen LogP) is 4.01. The number of amides is 1. The van der Waals surface area contributed by atoms with E-state index in [1.54, 1.807) is 12.1 Å². The first-order valence-electron chi connectivity index (χ1n) is 7.93. The number of carbonyl (C=O) groups is 1. The lowest BCUT2D eigenvalue weighted by atomic mass is 9.99. The van der Waals surface area contributed by atoms with Crippen molar-refractivity contribution in [2.45, 2.75) is 31.1 Å². The Bertz CT molecular complexity index is 864. The van der Waals surface area contributed by atoms with E-state index >= 15 is 0 Å². The SMILES string of the molecule is CC[C@@H](C)c1ccc(S(=O)(=O)Nc2ccc(C(=O)NC)cc2Cl)cc1. The van der Waals surface area contributed by atoms with Gasteiger partial charge in [-0.15, -0.1) is 0 Å². The Labute approximate surface area is 153 Å². The maximum Gasteiger partial charge on any atom is 0.261 e. The summed E-state index contributed by atoms with van der Waals surface area (Å²) in [4.78, 5) is 11.7. The van der Waals surface area contributed by atoms with Crippen LogP contribution in [0.3, 0.4) is 0 Å². The molecular weight excluding hydrogens is 360 g/mol. The standard InChI is InChI=1S/C18H21ClN2O3S/c1-4-12(2)13-5-8-15(9-6-13)25(23,24)21-17-10-7-14(11-16(17)19)18(22)20-3/h5-12,21H,4H2,1-3H3,(H,20,22)/t12-/m1/s1. The van der Waals surface area contributed by atoms with Crippen LogP contribution in [-0.2, 0) is 10.0 Å². The van der Waals surface area contributed by atoms with Gasteiger partial charge in [0.05, 0.1) is 15.6 Å². The molecule has 5 nitrogen and oxygen atoms in total. The van der Waals surface area contributed by atoms with Crippen LogP contribution in [-0.4, -0.2) is 21.4 Å². The van der Waals surface area contributed by atoms with Crippen molar-refractivity contribution in [3.05, 3.63) is 58.6 Å². The number of benzene rings is 2. The van der Waals surface area contributed by atoms with Crippen molar-refractivity contribution in [3.8, 4) is 0 Å². The molecule has 0 unspecified atom stereocenters. The predicted molar refractivity (Wildman–Crippen MR) is 101 cm³/mol. The molecule has 0 aromatic heterocycles. The minimum atomic E-state index is -3.76. The summed E-state index contributed by atoms with van der Waals surface area (Å²) in [7, 11) is -2.25. The molecule has 0 aliphatic carbocycles. The Hall–Kier alpha value is -2.05. The van der Waals surface area contributed by atoms with Crippen LogP contribution in [0.1, 0.15) is 42.1 Å². The first kappa shape index (κ1) is 19.3. The number of rotatable bonds is 6. The van der Waals surface area contributed by atoms with Crippen molar-refractivity contribution >= 4 is 33.2 Å². The van der Waals surface area contributed by atoms with E-state index in [0.29, 0.717) is 11.5 Å². The molecule has 0 bridgehead atoms. The summed E-state index contributed by atoms with van der Waals surface area (Å²) in [6, 6.07) is 11.2. The van der Waals surface area contributed by atoms with E-state index in [4.69, 9.17) is 11.6 Å². The second-order valence-corrected chi connectivity index (χ2v) is 7.85. The fourth-order valence-electron chi connectivity index (χ4n) is 2.30. The Morgan fingerprint density at radius 2 is 1.80 bits per heavy atom. The van der Waals surface area contributed by atoms with Gasteiger partial charge in [0, 0.05) is 12.6 Å². The van der Waals surface area contributed by atoms with E-state index in [2.05, 4.69) is 23.9 Å². The highest BCUT2D eigenvalue weighted by molar-refractivity contribution is 7.92. The molecule has 0 spiro atoms. The monoisotopic (exact) mass is 380 g/mol. The number of hydrogen-bond donors (Lipinski definition) is 2. The molecule has 2 aromatic carbocycles. The number of hydrogen-bond acceptors (Lipinski definition) is 3. The Morgan fingerprint density at radius 3 is 2.32 bits per heavy atom. The van der Waals surface area contributed by atoms with Crippen molar-refractivity contribution in [2.24, 2.45) is 0 Å². The molecule has 0 saturated heterocycles. The van der Waals surface area contributed by atoms with Crippen molar-refractivity contribution in [1.29, 1.82) is 0 Å². The molecule has 1 atom stereocenters. The lowest BCUT2D eigenvalue weighted by molar-refractivity contribution is 0.0963. The summed E-state index contributed by atoms with van der Waals surface area (Å²) < 4.78 is 27.5. The molecule has 2 N–H and O–H groups in total. The second kappa shape index (κ2) is 7.89. The molecule has 2 rings (SSSR count). The average molecular weight is 381 g/mol. The molecule has 7 heteroatoms. The molecule has 134 valence electrons. The van der Waals surface area contributed by atoms with Crippen LogP contribution < -0.4 is 10.0 Å². The third-order valence-corrected chi connectivity index (χ3v) is 5.77. The number of sulfonamides is 1. The molecule has 0 heterocycles. The van der Waals surface area contributed by atoms with Gasteiger partial charge >= 0.3 is 0 Å². The Morgan fingerprint density at radius 1 is 1.16 bits per heavy atom. The summed E-state index contributed by atoms with van der Waals surface area (Å²) >= 11 is 6.10. The van der Waals surface area contributed by atoms with Crippen LogP contribution in [0, 0.1) is 0 Å². The van der Waals surface area contributed by atoms with Gasteiger partial charge in [-0.2, -0.15) is 0 Å². The van der Waals surface area contributed by atoms with Gasteiger partial charge in [0.25, 0.3) is 15.9 Å². The smallest absolute Gasteiger partial charge is 0.261 e. The molecule has 2 aromatic rings. The number of nitrogens with one attached hydrogen (secondary N) is 2. The summed E-state index contributed by atoms with van der Waals surface area (Å²) in [5.74, 6) is 0.0772. The average Bonchev–Trinajstić information content (AvgIpc) is 2.62. The summed E-state index contributed by atoms with van der Waals surface area (Å²) in [6.45, 7) is 4.18. The van der Waals surface area contributed by atoms with E-state index in [1.807, 2.05) is 12.1 Å². The lowest BCUT2D eigenvalue weighted by Crippen LogP contribution is -2.18. The summed E-state index contributed by atoms with van der Waals surface area (Å²) in [6.07, 6.45) is 0.984. The maximum atomic E-state index is 12.5. The molecule has 0 radical (unpaired) electrons. The molecule has 1 amide bonds. The minimum absolute atomic E-state index is 0.154. The van der Waals surface area contributed by atoms with Gasteiger partial charge in [0.15, 0.2) is 0 Å². The second-order valence-electron chi connectivity index (χ2n) is 5.76. The zero-order valence-corrected chi connectivity index (χ0v) is 15.9. The summed E-state index contributed by atoms with van der Waals surface area (Å²) in [5.41, 5.74) is 1.67. The highest BCUT2D eigenvalue weighted by Gasteiger charge is 2.17. The van der Waals surface area contributed by atoms with Gasteiger partial charge in [-0.3, -0.25) is 9.52 Å². The zero-order valence-electron chi connectivity index (χ0n) is 14.3. The minimum Gasteiger partial charge on any atom is -0.355 e. The normalized spacial score (nSPS) is 12.5. The molecule has 0 aliphatic rings. The highest BCUT2D eigenvalue weighted by Crippen LogP contribution is 2.27. The van der Waals surface area contributed by atoms with Crippen LogP contribution >= 0.6 is 11.6 Å². The topological polar surface area (TPSA) is 75.3 Å². The Balaban J connectivity index is 2.25. The molecule has 0 fully saturated rings. The van der Waals surface area contributed by atoms with Gasteiger partial charge < -0.3 is 5.32 Å². The first-order chi connectivity index (χ1) is 11.8. The van der Waals surface area contributed by atoms with Crippen LogP contribution in [0.25, 0.3) is 0 Å². The fraction of sp³-hybridized carbons (Fsp3) is 0.278. The van der Waals surface area contributed by atoms with Crippen molar-refractivity contribution in [2.75, 3.05) is 11.8 Å². The van der Waals surface area contributed by atoms with Gasteiger partial charge in [-0.05, 0) is 48.2 Å². The molecule has 25 heavy (non-hydrogen) atoms. The fourth-order valence-corrected chi connectivity index (χ4v) is 3.66. The van der Waals surface area contributed by atoms with E-state index in [1.165, 1.54) is 25.2 Å². The number of anilines is 1. The summed E-state index contributed by atoms with van der Waals surface area (Å²) in [5, 5.41) is 2.64. The van der Waals surface area contributed by atoms with Gasteiger partial charge in [0.1, 0.15) is 0 Å². The highest BCUT2D eigenvalue weighted by atomic mass is 35.5. The Kier molecular flexibility index (Phi) is 6.08. The largest absolute Gasteiger partial charge is 0.355 e. The molecular formula is C18H21ClN2O3S. The van der Waals surface area contributed by atoms with Crippen LogP contribution in [0.15, 0.2) is 47.4 Å². The van der Waals surface area contributed by atoms with E-state index in [0.717, 1.165) is 12.0 Å². The van der Waals surface area contributed by atoms with Crippen LogP contribution in [0.5, 0.6) is 0 Å². The third-order valence-electron chi connectivity index (χ3n) is 4.07. The lowest BCUT2D eigenvalue weighted by Gasteiger charge is -2.12. The van der Waals surface area contributed by atoms with Crippen molar-refractivity contribution < 1.29 is 13.2 Å². The quantitative estimate of drug-likeness (QED) is 0.794. The molecule has 0 aliphatic heterocycles. The first-order valence-corrected chi connectivity index (χ1v) is 9.79. The molecule has 0 saturated carbocycles. The van der Waals surface area contributed by atoms with E-state index in [-0.39, 0.29) is 21.5 Å².